The largest absolute Gasteiger partial charge is 0.493 e. The van der Waals surface area contributed by atoms with E-state index in [4.69, 9.17) is 15.2 Å². The average Bonchev–Trinajstić information content (AvgIpc) is 2.20. The minimum atomic E-state index is 0.428. The minimum absolute atomic E-state index is 0.428. The summed E-state index contributed by atoms with van der Waals surface area (Å²) < 4.78 is 10.7. The first-order chi connectivity index (χ1) is 6.81. The zero-order valence-corrected chi connectivity index (χ0v) is 8.32. The van der Waals surface area contributed by atoms with Gasteiger partial charge in [-0.25, -0.2) is 0 Å². The highest BCUT2D eigenvalue weighted by Crippen LogP contribution is 2.31. The van der Waals surface area contributed by atoms with Gasteiger partial charge in [-0.3, -0.25) is 0 Å². The van der Waals surface area contributed by atoms with Crippen LogP contribution in [0, 0.1) is 5.92 Å². The second kappa shape index (κ2) is 3.88. The third-order valence-electron chi connectivity index (χ3n) is 2.54. The molecule has 3 nitrogen and oxygen atoms in total. The number of methoxy groups -OCH3 is 1. The van der Waals surface area contributed by atoms with Crippen molar-refractivity contribution < 1.29 is 9.47 Å². The zero-order valence-electron chi connectivity index (χ0n) is 8.32. The van der Waals surface area contributed by atoms with Crippen molar-refractivity contribution in [1.82, 2.24) is 0 Å². The Morgan fingerprint density at radius 2 is 2.43 bits per heavy atom. The number of hydrogen-bond acceptors (Lipinski definition) is 3. The van der Waals surface area contributed by atoms with Crippen molar-refractivity contribution in [2.24, 2.45) is 5.92 Å². The average molecular weight is 193 g/mol. The van der Waals surface area contributed by atoms with E-state index in [0.29, 0.717) is 5.92 Å². The maximum atomic E-state index is 5.88. The van der Waals surface area contributed by atoms with Gasteiger partial charge in [0.2, 0.25) is 0 Å². The minimum Gasteiger partial charge on any atom is -0.493 e. The fraction of sp³-hybridized carbons (Fsp3) is 0.455. The van der Waals surface area contributed by atoms with Gasteiger partial charge in [-0.2, -0.15) is 0 Å². The lowest BCUT2D eigenvalue weighted by Gasteiger charge is -2.25. The standard InChI is InChI=1S/C11H15NO2/c1-13-6-8-5-9-10(12)3-2-4-11(9)14-7-8/h2-4,8H,5-7,12H2,1H3. The van der Waals surface area contributed by atoms with E-state index in [9.17, 15) is 0 Å². The van der Waals surface area contributed by atoms with Gasteiger partial charge in [0.15, 0.2) is 0 Å². The summed E-state index contributed by atoms with van der Waals surface area (Å²) in [7, 11) is 1.71. The van der Waals surface area contributed by atoms with E-state index in [1.165, 1.54) is 0 Å². The van der Waals surface area contributed by atoms with Crippen molar-refractivity contribution >= 4 is 5.69 Å². The molecular weight excluding hydrogens is 178 g/mol. The number of nitrogens with two attached hydrogens (primary N) is 1. The molecule has 1 atom stereocenters. The van der Waals surface area contributed by atoms with Gasteiger partial charge in [0.25, 0.3) is 0 Å². The Bertz CT molecular complexity index is 325. The van der Waals surface area contributed by atoms with Crippen LogP contribution < -0.4 is 10.5 Å². The maximum absolute atomic E-state index is 5.88. The zero-order chi connectivity index (χ0) is 9.97. The first-order valence-electron chi connectivity index (χ1n) is 4.80. The van der Waals surface area contributed by atoms with Crippen LogP contribution in [0.1, 0.15) is 5.56 Å². The quantitative estimate of drug-likeness (QED) is 0.723. The second-order valence-electron chi connectivity index (χ2n) is 3.66. The molecule has 1 aliphatic rings. The van der Waals surface area contributed by atoms with E-state index in [2.05, 4.69) is 0 Å². The van der Waals surface area contributed by atoms with Gasteiger partial charge in [0.1, 0.15) is 5.75 Å². The maximum Gasteiger partial charge on any atom is 0.124 e. The van der Waals surface area contributed by atoms with Crippen molar-refractivity contribution in [1.29, 1.82) is 0 Å². The van der Waals surface area contributed by atoms with Crippen LogP contribution in [0.4, 0.5) is 5.69 Å². The first-order valence-corrected chi connectivity index (χ1v) is 4.80. The summed E-state index contributed by atoms with van der Waals surface area (Å²) in [5, 5.41) is 0. The number of rotatable bonds is 2. The number of benzene rings is 1. The third-order valence-corrected chi connectivity index (χ3v) is 2.54. The molecule has 0 bridgehead atoms. The van der Waals surface area contributed by atoms with Gasteiger partial charge >= 0.3 is 0 Å². The van der Waals surface area contributed by atoms with Crippen molar-refractivity contribution in [3.63, 3.8) is 0 Å². The molecule has 0 saturated carbocycles. The van der Waals surface area contributed by atoms with Gasteiger partial charge in [-0.15, -0.1) is 0 Å². The summed E-state index contributed by atoms with van der Waals surface area (Å²) in [5.74, 6) is 1.36. The van der Waals surface area contributed by atoms with E-state index in [0.717, 1.165) is 36.6 Å². The van der Waals surface area contributed by atoms with Crippen molar-refractivity contribution in [3.8, 4) is 5.75 Å². The molecule has 1 aromatic carbocycles. The number of nitrogen functional groups attached to an aromatic ring is 1. The Morgan fingerprint density at radius 3 is 3.21 bits per heavy atom. The SMILES string of the molecule is COCC1COc2cccc(N)c2C1. The Balaban J connectivity index is 2.20. The fourth-order valence-corrected chi connectivity index (χ4v) is 1.83. The highest BCUT2D eigenvalue weighted by molar-refractivity contribution is 5.55. The van der Waals surface area contributed by atoms with Crippen molar-refractivity contribution in [2.75, 3.05) is 26.1 Å². The van der Waals surface area contributed by atoms with E-state index in [1.54, 1.807) is 7.11 Å². The summed E-state index contributed by atoms with van der Waals surface area (Å²) in [6.07, 6.45) is 0.954. The number of fused-ring (bicyclic) bond motifs is 1. The molecule has 1 heterocycles. The van der Waals surface area contributed by atoms with Crippen LogP contribution in [-0.4, -0.2) is 20.3 Å². The molecule has 2 rings (SSSR count). The van der Waals surface area contributed by atoms with Crippen LogP contribution >= 0.6 is 0 Å². The Hall–Kier alpha value is -1.22. The topological polar surface area (TPSA) is 44.5 Å². The van der Waals surface area contributed by atoms with Gasteiger partial charge in [0.05, 0.1) is 13.2 Å². The summed E-state index contributed by atoms with van der Waals surface area (Å²) in [6.45, 7) is 1.46. The Morgan fingerprint density at radius 1 is 1.57 bits per heavy atom. The molecule has 0 amide bonds. The van der Waals surface area contributed by atoms with Gasteiger partial charge in [-0.05, 0) is 18.6 Å². The Kier molecular flexibility index (Phi) is 2.59. The molecule has 1 aromatic rings. The molecule has 76 valence electrons. The smallest absolute Gasteiger partial charge is 0.124 e. The monoisotopic (exact) mass is 193 g/mol. The molecule has 0 fully saturated rings. The lowest BCUT2D eigenvalue weighted by atomic mass is 9.96. The van der Waals surface area contributed by atoms with Crippen LogP contribution in [0.5, 0.6) is 5.75 Å². The number of ether oxygens (including phenoxy) is 2. The molecule has 0 radical (unpaired) electrons. The molecule has 0 aromatic heterocycles. The lowest BCUT2D eigenvalue weighted by Crippen LogP contribution is -2.25. The van der Waals surface area contributed by atoms with Crippen LogP contribution in [0.3, 0.4) is 0 Å². The summed E-state index contributed by atoms with van der Waals surface area (Å²) in [4.78, 5) is 0. The van der Waals surface area contributed by atoms with Crippen LogP contribution in [0.25, 0.3) is 0 Å². The normalized spacial score (nSPS) is 19.9. The highest BCUT2D eigenvalue weighted by atomic mass is 16.5. The molecular formula is C11H15NO2. The van der Waals surface area contributed by atoms with E-state index in [1.807, 2.05) is 18.2 Å². The molecule has 1 aliphatic heterocycles. The molecule has 2 N–H and O–H groups in total. The Labute approximate surface area is 83.8 Å². The fourth-order valence-electron chi connectivity index (χ4n) is 1.83. The number of anilines is 1. The van der Waals surface area contributed by atoms with Crippen LogP contribution in [0.2, 0.25) is 0 Å². The van der Waals surface area contributed by atoms with Gasteiger partial charge < -0.3 is 15.2 Å². The molecule has 0 saturated heterocycles. The van der Waals surface area contributed by atoms with Crippen LogP contribution in [-0.2, 0) is 11.2 Å². The van der Waals surface area contributed by atoms with Crippen LogP contribution in [0.15, 0.2) is 18.2 Å². The molecule has 14 heavy (non-hydrogen) atoms. The number of hydrogen-bond donors (Lipinski definition) is 1. The summed E-state index contributed by atoms with van der Waals surface area (Å²) in [5.41, 5.74) is 7.83. The van der Waals surface area contributed by atoms with E-state index < -0.39 is 0 Å². The molecule has 0 aliphatic carbocycles. The highest BCUT2D eigenvalue weighted by Gasteiger charge is 2.21. The predicted molar refractivity (Wildman–Crippen MR) is 55.4 cm³/mol. The summed E-state index contributed by atoms with van der Waals surface area (Å²) in [6, 6.07) is 5.80. The lowest BCUT2D eigenvalue weighted by molar-refractivity contribution is 0.108. The van der Waals surface area contributed by atoms with Crippen molar-refractivity contribution in [3.05, 3.63) is 23.8 Å². The predicted octanol–water partition coefficient (Wildman–Crippen LogP) is 1.47. The van der Waals surface area contributed by atoms with Gasteiger partial charge in [-0.1, -0.05) is 6.07 Å². The molecule has 0 spiro atoms. The second-order valence-corrected chi connectivity index (χ2v) is 3.66. The van der Waals surface area contributed by atoms with E-state index in [-0.39, 0.29) is 0 Å². The van der Waals surface area contributed by atoms with Gasteiger partial charge in [0, 0.05) is 24.3 Å². The molecule has 1 unspecified atom stereocenters. The first kappa shape index (κ1) is 9.34. The van der Waals surface area contributed by atoms with Crippen molar-refractivity contribution in [2.45, 2.75) is 6.42 Å². The summed E-state index contributed by atoms with van der Waals surface area (Å²) >= 11 is 0. The molecule has 3 heteroatoms. The van der Waals surface area contributed by atoms with E-state index >= 15 is 0 Å². The third kappa shape index (κ3) is 1.68.